The number of fused-ring (bicyclic) bond motifs is 1. The monoisotopic (exact) mass is 387 g/mol. The molecule has 0 bridgehead atoms. The van der Waals surface area contributed by atoms with E-state index in [1.54, 1.807) is 7.11 Å². The lowest BCUT2D eigenvalue weighted by Crippen LogP contribution is -2.39. The number of rotatable bonds is 6. The summed E-state index contributed by atoms with van der Waals surface area (Å²) in [6.45, 7) is 9.76. The molecule has 2 heterocycles. The molecule has 1 amide bonds. The Hall–Kier alpha value is -1.92. The topological polar surface area (TPSA) is 64.9 Å². The van der Waals surface area contributed by atoms with Gasteiger partial charge in [0.15, 0.2) is 0 Å². The van der Waals surface area contributed by atoms with Gasteiger partial charge in [0.2, 0.25) is 0 Å². The number of nitrogens with zero attached hydrogens (tertiary/aromatic N) is 2. The number of aryl methyl sites for hydroxylation is 1. The Morgan fingerprint density at radius 2 is 2.00 bits per heavy atom. The molecule has 0 aliphatic heterocycles. The number of aromatic nitrogens is 2. The van der Waals surface area contributed by atoms with E-state index >= 15 is 0 Å². The van der Waals surface area contributed by atoms with E-state index in [9.17, 15) is 4.79 Å². The molecule has 1 fully saturated rings. The highest BCUT2D eigenvalue weighted by Crippen LogP contribution is 2.24. The fourth-order valence-corrected chi connectivity index (χ4v) is 3.72. The lowest BCUT2D eigenvalue weighted by Gasteiger charge is -2.31. The third kappa shape index (κ3) is 5.11. The number of hydrogen-bond donors (Lipinski definition) is 1. The molecule has 1 aliphatic rings. The summed E-state index contributed by atoms with van der Waals surface area (Å²) >= 11 is 0. The second-order valence-electron chi connectivity index (χ2n) is 9.06. The minimum absolute atomic E-state index is 0.0528. The van der Waals surface area contributed by atoms with Crippen molar-refractivity contribution in [1.82, 2.24) is 14.7 Å². The zero-order valence-corrected chi connectivity index (χ0v) is 17.7. The number of amides is 1. The smallest absolute Gasteiger partial charge is 0.255 e. The van der Waals surface area contributed by atoms with E-state index in [0.29, 0.717) is 23.9 Å². The molecule has 1 N–H and O–H groups in total. The van der Waals surface area contributed by atoms with Gasteiger partial charge in [0, 0.05) is 25.0 Å². The number of carbonyl (C=O) groups is 1. The van der Waals surface area contributed by atoms with Crippen molar-refractivity contribution in [3.05, 3.63) is 35.3 Å². The molecule has 2 aromatic rings. The number of nitrogens with one attached hydrogen (secondary N) is 1. The summed E-state index contributed by atoms with van der Waals surface area (Å²) in [4.78, 5) is 17.5. The van der Waals surface area contributed by atoms with Gasteiger partial charge in [-0.1, -0.05) is 20.8 Å². The molecule has 0 saturated heterocycles. The molecule has 0 radical (unpaired) electrons. The minimum Gasteiger partial charge on any atom is -0.378 e. The standard InChI is InChI=1S/C22H33N3O3/c1-15-12-17(13-27-5)25-11-10-19(20(25)23-15)21(26)24-16-6-8-18(9-7-16)28-14-22(2,3)4/h10-12,16,18H,6-9,13-14H2,1-5H3,(H,24,26). The summed E-state index contributed by atoms with van der Waals surface area (Å²) in [5.74, 6) is -0.0528. The van der Waals surface area contributed by atoms with Crippen LogP contribution < -0.4 is 5.32 Å². The van der Waals surface area contributed by atoms with Gasteiger partial charge in [-0.3, -0.25) is 4.79 Å². The molecule has 0 spiro atoms. The van der Waals surface area contributed by atoms with Gasteiger partial charge < -0.3 is 19.2 Å². The van der Waals surface area contributed by atoms with Crippen LogP contribution in [0.4, 0.5) is 0 Å². The lowest BCUT2D eigenvalue weighted by atomic mass is 9.92. The molecule has 28 heavy (non-hydrogen) atoms. The lowest BCUT2D eigenvalue weighted by molar-refractivity contribution is -0.0134. The molecule has 1 aliphatic carbocycles. The summed E-state index contributed by atoms with van der Waals surface area (Å²) in [5.41, 5.74) is 3.36. The predicted molar refractivity (Wildman–Crippen MR) is 110 cm³/mol. The summed E-state index contributed by atoms with van der Waals surface area (Å²) in [5, 5.41) is 3.20. The van der Waals surface area contributed by atoms with Crippen LogP contribution in [0, 0.1) is 12.3 Å². The number of methoxy groups -OCH3 is 1. The summed E-state index contributed by atoms with van der Waals surface area (Å²) in [6, 6.07) is 4.02. The second-order valence-corrected chi connectivity index (χ2v) is 9.06. The molecule has 2 aromatic heterocycles. The predicted octanol–water partition coefficient (Wildman–Crippen LogP) is 3.89. The van der Waals surface area contributed by atoms with Crippen LogP contribution in [0.5, 0.6) is 0 Å². The first-order valence-corrected chi connectivity index (χ1v) is 10.2. The van der Waals surface area contributed by atoms with E-state index in [0.717, 1.165) is 43.7 Å². The fourth-order valence-electron chi connectivity index (χ4n) is 3.72. The number of hydrogen-bond acceptors (Lipinski definition) is 4. The van der Waals surface area contributed by atoms with Gasteiger partial charge in [-0.15, -0.1) is 0 Å². The van der Waals surface area contributed by atoms with Crippen molar-refractivity contribution in [2.75, 3.05) is 13.7 Å². The first kappa shape index (κ1) is 20.8. The summed E-state index contributed by atoms with van der Waals surface area (Å²) in [7, 11) is 1.67. The van der Waals surface area contributed by atoms with E-state index in [1.807, 2.05) is 29.7 Å². The molecular weight excluding hydrogens is 354 g/mol. The third-order valence-corrected chi connectivity index (χ3v) is 5.12. The number of ether oxygens (including phenoxy) is 2. The largest absolute Gasteiger partial charge is 0.378 e. The van der Waals surface area contributed by atoms with Crippen molar-refractivity contribution in [2.45, 2.75) is 72.1 Å². The van der Waals surface area contributed by atoms with Crippen LogP contribution in [-0.2, 0) is 16.1 Å². The normalized spacial score (nSPS) is 20.5. The van der Waals surface area contributed by atoms with Crippen LogP contribution in [0.2, 0.25) is 0 Å². The summed E-state index contributed by atoms with van der Waals surface area (Å²) in [6.07, 6.45) is 6.09. The van der Waals surface area contributed by atoms with Crippen molar-refractivity contribution in [1.29, 1.82) is 0 Å². The van der Waals surface area contributed by atoms with Crippen LogP contribution >= 0.6 is 0 Å². The molecule has 0 atom stereocenters. The zero-order chi connectivity index (χ0) is 20.3. The fraction of sp³-hybridized carbons (Fsp3) is 0.636. The van der Waals surface area contributed by atoms with E-state index in [4.69, 9.17) is 9.47 Å². The van der Waals surface area contributed by atoms with Gasteiger partial charge in [-0.05, 0) is 50.2 Å². The minimum atomic E-state index is -0.0528. The first-order valence-electron chi connectivity index (χ1n) is 10.2. The van der Waals surface area contributed by atoms with Crippen molar-refractivity contribution >= 4 is 11.6 Å². The van der Waals surface area contributed by atoms with Crippen molar-refractivity contribution in [2.24, 2.45) is 5.41 Å². The van der Waals surface area contributed by atoms with E-state index in [1.165, 1.54) is 0 Å². The Labute approximate surface area is 167 Å². The third-order valence-electron chi connectivity index (χ3n) is 5.12. The van der Waals surface area contributed by atoms with Crippen molar-refractivity contribution < 1.29 is 14.3 Å². The maximum absolute atomic E-state index is 12.9. The van der Waals surface area contributed by atoms with Crippen LogP contribution in [0.15, 0.2) is 18.3 Å². The Morgan fingerprint density at radius 1 is 1.29 bits per heavy atom. The van der Waals surface area contributed by atoms with Gasteiger partial charge in [-0.25, -0.2) is 4.98 Å². The highest BCUT2D eigenvalue weighted by Gasteiger charge is 2.25. The Bertz CT molecular complexity index is 814. The molecule has 154 valence electrons. The Kier molecular flexibility index (Phi) is 6.40. The Balaban J connectivity index is 1.62. The molecule has 6 heteroatoms. The SMILES string of the molecule is COCc1cc(C)nc2c(C(=O)NC3CCC(OCC(C)(C)C)CC3)ccn12. The zero-order valence-electron chi connectivity index (χ0n) is 17.7. The Morgan fingerprint density at radius 3 is 2.64 bits per heavy atom. The van der Waals surface area contributed by atoms with Gasteiger partial charge in [0.05, 0.1) is 30.6 Å². The molecule has 0 aromatic carbocycles. The first-order chi connectivity index (χ1) is 13.3. The highest BCUT2D eigenvalue weighted by molar-refractivity contribution is 6.00. The molecular formula is C22H33N3O3. The van der Waals surface area contributed by atoms with E-state index in [2.05, 4.69) is 31.1 Å². The van der Waals surface area contributed by atoms with Crippen molar-refractivity contribution in [3.8, 4) is 0 Å². The van der Waals surface area contributed by atoms with Gasteiger partial charge >= 0.3 is 0 Å². The van der Waals surface area contributed by atoms with Gasteiger partial charge in [-0.2, -0.15) is 0 Å². The quantitative estimate of drug-likeness (QED) is 0.817. The summed E-state index contributed by atoms with van der Waals surface area (Å²) < 4.78 is 13.2. The molecule has 6 nitrogen and oxygen atoms in total. The molecule has 3 rings (SSSR count). The molecule has 1 saturated carbocycles. The highest BCUT2D eigenvalue weighted by atomic mass is 16.5. The van der Waals surface area contributed by atoms with E-state index < -0.39 is 0 Å². The van der Waals surface area contributed by atoms with E-state index in [-0.39, 0.29) is 17.4 Å². The van der Waals surface area contributed by atoms with Gasteiger partial charge in [0.25, 0.3) is 5.91 Å². The van der Waals surface area contributed by atoms with Crippen LogP contribution in [-0.4, -0.2) is 41.2 Å². The van der Waals surface area contributed by atoms with Gasteiger partial charge in [0.1, 0.15) is 5.65 Å². The van der Waals surface area contributed by atoms with Crippen LogP contribution in [0.25, 0.3) is 5.65 Å². The van der Waals surface area contributed by atoms with Crippen LogP contribution in [0.1, 0.15) is 68.2 Å². The average molecular weight is 388 g/mol. The number of carbonyl (C=O) groups excluding carboxylic acids is 1. The average Bonchev–Trinajstić information content (AvgIpc) is 3.04. The molecule has 0 unspecified atom stereocenters. The maximum Gasteiger partial charge on any atom is 0.255 e. The second kappa shape index (κ2) is 8.62. The van der Waals surface area contributed by atoms with Crippen molar-refractivity contribution in [3.63, 3.8) is 0 Å². The van der Waals surface area contributed by atoms with Crippen LogP contribution in [0.3, 0.4) is 0 Å². The maximum atomic E-state index is 12.9.